The molecule has 5 nitrogen and oxygen atoms in total. The third-order valence-corrected chi connectivity index (χ3v) is 6.31. The van der Waals surface area contributed by atoms with Crippen LogP contribution in [-0.2, 0) is 4.79 Å². The summed E-state index contributed by atoms with van der Waals surface area (Å²) in [7, 11) is 0. The fourth-order valence-electron chi connectivity index (χ4n) is 3.24. The summed E-state index contributed by atoms with van der Waals surface area (Å²) in [6, 6.07) is 14.8. The van der Waals surface area contributed by atoms with Gasteiger partial charge in [-0.3, -0.25) is 4.79 Å². The Labute approximate surface area is 183 Å². The van der Waals surface area contributed by atoms with Gasteiger partial charge in [0, 0.05) is 15.6 Å². The average molecular weight is 448 g/mol. The number of carbonyl (C=O) groups excluding carboxylic acids is 1. The Morgan fingerprint density at radius 3 is 2.34 bits per heavy atom. The first-order chi connectivity index (χ1) is 14.1. The molecule has 3 aromatic rings. The van der Waals surface area contributed by atoms with E-state index in [0.717, 1.165) is 24.0 Å². The van der Waals surface area contributed by atoms with Gasteiger partial charge in [0.2, 0.25) is 11.8 Å². The monoisotopic (exact) mass is 447 g/mol. The molecule has 1 heterocycles. The lowest BCUT2D eigenvalue weighted by atomic mass is 9.77. The highest BCUT2D eigenvalue weighted by Crippen LogP contribution is 2.38. The van der Waals surface area contributed by atoms with Crippen molar-refractivity contribution in [2.75, 3.05) is 5.75 Å². The molecule has 150 valence electrons. The summed E-state index contributed by atoms with van der Waals surface area (Å²) in [5.41, 5.74) is 1.87. The Balaban J connectivity index is 1.36. The predicted octanol–water partition coefficient (Wildman–Crippen LogP) is 5.79. The first kappa shape index (κ1) is 20.3. The minimum atomic E-state index is -0.0620. The number of benzene rings is 2. The van der Waals surface area contributed by atoms with Crippen molar-refractivity contribution in [1.29, 1.82) is 0 Å². The second-order valence-corrected chi connectivity index (χ2v) is 8.76. The topological polar surface area (TPSA) is 68.0 Å². The highest BCUT2D eigenvalue weighted by Gasteiger charge is 2.29. The maximum Gasteiger partial charge on any atom is 0.277 e. The van der Waals surface area contributed by atoms with Gasteiger partial charge in [0.25, 0.3) is 5.22 Å². The molecular formula is C21H19Cl2N3O2S. The Hall–Kier alpha value is -2.02. The smallest absolute Gasteiger partial charge is 0.277 e. The highest BCUT2D eigenvalue weighted by molar-refractivity contribution is 7.99. The lowest BCUT2D eigenvalue weighted by molar-refractivity contribution is -0.119. The van der Waals surface area contributed by atoms with Gasteiger partial charge in [0.15, 0.2) is 0 Å². The maximum absolute atomic E-state index is 12.6. The Kier molecular flexibility index (Phi) is 6.43. The molecular weight excluding hydrogens is 429 g/mol. The molecule has 4 rings (SSSR count). The number of rotatable bonds is 7. The van der Waals surface area contributed by atoms with Crippen molar-refractivity contribution in [2.24, 2.45) is 5.92 Å². The third-order valence-electron chi connectivity index (χ3n) is 4.99. The minimum Gasteiger partial charge on any atom is -0.411 e. The van der Waals surface area contributed by atoms with Crippen molar-refractivity contribution in [3.05, 3.63) is 64.1 Å². The van der Waals surface area contributed by atoms with Crippen LogP contribution >= 0.6 is 35.0 Å². The predicted molar refractivity (Wildman–Crippen MR) is 115 cm³/mol. The number of thioether (sulfide) groups is 1. The number of carbonyl (C=O) groups is 1. The van der Waals surface area contributed by atoms with Crippen LogP contribution in [-0.4, -0.2) is 21.9 Å². The van der Waals surface area contributed by atoms with Crippen LogP contribution in [0.1, 0.15) is 30.9 Å². The van der Waals surface area contributed by atoms with E-state index in [1.54, 1.807) is 12.1 Å². The van der Waals surface area contributed by atoms with Crippen LogP contribution in [0.2, 0.25) is 10.0 Å². The largest absolute Gasteiger partial charge is 0.411 e. The van der Waals surface area contributed by atoms with E-state index in [9.17, 15) is 4.79 Å². The van der Waals surface area contributed by atoms with E-state index in [1.807, 2.05) is 36.4 Å². The number of aromatic nitrogens is 2. The fourth-order valence-corrected chi connectivity index (χ4v) is 4.06. The van der Waals surface area contributed by atoms with Gasteiger partial charge in [-0.1, -0.05) is 53.5 Å². The van der Waals surface area contributed by atoms with Gasteiger partial charge >= 0.3 is 0 Å². The van der Waals surface area contributed by atoms with Gasteiger partial charge in [0.1, 0.15) is 0 Å². The van der Waals surface area contributed by atoms with E-state index >= 15 is 0 Å². The molecule has 8 heteroatoms. The molecule has 0 radical (unpaired) electrons. The van der Waals surface area contributed by atoms with Crippen molar-refractivity contribution in [3.63, 3.8) is 0 Å². The number of hydrogen-bond acceptors (Lipinski definition) is 5. The number of nitrogens with zero attached hydrogens (tertiary/aromatic N) is 2. The number of nitrogens with one attached hydrogen (secondary N) is 1. The van der Waals surface area contributed by atoms with Crippen LogP contribution in [0, 0.1) is 5.92 Å². The van der Waals surface area contributed by atoms with Gasteiger partial charge in [-0.2, -0.15) is 0 Å². The lowest BCUT2D eigenvalue weighted by Gasteiger charge is -2.34. The molecule has 29 heavy (non-hydrogen) atoms. The van der Waals surface area contributed by atoms with E-state index in [1.165, 1.54) is 18.2 Å². The van der Waals surface area contributed by atoms with Gasteiger partial charge in [-0.25, -0.2) is 0 Å². The van der Waals surface area contributed by atoms with Gasteiger partial charge in [-0.15, -0.1) is 10.2 Å². The summed E-state index contributed by atoms with van der Waals surface area (Å²) >= 11 is 13.1. The number of amides is 1. The molecule has 1 fully saturated rings. The van der Waals surface area contributed by atoms with Crippen molar-refractivity contribution >= 4 is 40.9 Å². The molecule has 1 N–H and O–H groups in total. The molecule has 1 amide bonds. The van der Waals surface area contributed by atoms with E-state index < -0.39 is 0 Å². The molecule has 1 aliphatic rings. The quantitative estimate of drug-likeness (QED) is 0.463. The zero-order chi connectivity index (χ0) is 20.2. The van der Waals surface area contributed by atoms with Crippen molar-refractivity contribution in [2.45, 2.75) is 30.5 Å². The van der Waals surface area contributed by atoms with Crippen LogP contribution in [0.15, 0.2) is 58.2 Å². The Morgan fingerprint density at radius 1 is 1.07 bits per heavy atom. The fraction of sp³-hybridized carbons (Fsp3) is 0.286. The van der Waals surface area contributed by atoms with Crippen LogP contribution in [0.25, 0.3) is 11.5 Å². The maximum atomic E-state index is 12.6. The molecule has 0 aliphatic heterocycles. The summed E-state index contributed by atoms with van der Waals surface area (Å²) in [5, 5.41) is 12.9. The molecule has 2 aromatic carbocycles. The molecule has 0 saturated heterocycles. The molecule has 1 saturated carbocycles. The summed E-state index contributed by atoms with van der Waals surface area (Å²) < 4.78 is 5.65. The van der Waals surface area contributed by atoms with E-state index in [0.29, 0.717) is 27.1 Å². The second kappa shape index (κ2) is 9.20. The van der Waals surface area contributed by atoms with Gasteiger partial charge in [-0.05, 0) is 60.7 Å². The zero-order valence-electron chi connectivity index (χ0n) is 15.5. The Bertz CT molecular complexity index is 972. The minimum absolute atomic E-state index is 0.00132. The first-order valence-corrected chi connectivity index (χ1v) is 11.1. The average Bonchev–Trinajstić information content (AvgIpc) is 3.15. The summed E-state index contributed by atoms with van der Waals surface area (Å²) in [6.07, 6.45) is 3.44. The van der Waals surface area contributed by atoms with Crippen molar-refractivity contribution in [3.8, 4) is 11.5 Å². The highest BCUT2D eigenvalue weighted by atomic mass is 35.5. The van der Waals surface area contributed by atoms with E-state index in [-0.39, 0.29) is 17.7 Å². The molecule has 1 unspecified atom stereocenters. The van der Waals surface area contributed by atoms with E-state index in [4.69, 9.17) is 27.6 Å². The lowest BCUT2D eigenvalue weighted by Crippen LogP contribution is -2.37. The zero-order valence-corrected chi connectivity index (χ0v) is 17.8. The summed E-state index contributed by atoms with van der Waals surface area (Å²) in [4.78, 5) is 12.6. The summed E-state index contributed by atoms with van der Waals surface area (Å²) in [6.45, 7) is 0. The van der Waals surface area contributed by atoms with E-state index in [2.05, 4.69) is 15.5 Å². The van der Waals surface area contributed by atoms with Crippen molar-refractivity contribution < 1.29 is 9.21 Å². The molecule has 1 atom stereocenters. The van der Waals surface area contributed by atoms with Crippen LogP contribution in [0.4, 0.5) is 0 Å². The SMILES string of the molecule is O=C(CSc1nnc(-c2ccc(Cl)cc2)o1)NC(c1ccc(Cl)cc1)C1CCC1. The molecule has 1 aliphatic carbocycles. The normalized spacial score (nSPS) is 15.0. The third kappa shape index (κ3) is 5.13. The van der Waals surface area contributed by atoms with Gasteiger partial charge in [0.05, 0.1) is 11.8 Å². The summed E-state index contributed by atoms with van der Waals surface area (Å²) in [5.74, 6) is 1.01. The van der Waals surface area contributed by atoms with Gasteiger partial charge < -0.3 is 9.73 Å². The number of halogens is 2. The molecule has 1 aromatic heterocycles. The second-order valence-electron chi connectivity index (χ2n) is 6.96. The standard InChI is InChI=1S/C21H19Cl2N3O2S/c22-16-8-4-14(5-9-16)19(13-2-1-3-13)24-18(27)12-29-21-26-25-20(28-21)15-6-10-17(23)11-7-15/h4-11,13,19H,1-3,12H2,(H,24,27). The van der Waals surface area contributed by atoms with Crippen molar-refractivity contribution in [1.82, 2.24) is 15.5 Å². The number of hydrogen-bond donors (Lipinski definition) is 1. The first-order valence-electron chi connectivity index (χ1n) is 9.35. The molecule has 0 spiro atoms. The van der Waals surface area contributed by atoms with Crippen LogP contribution < -0.4 is 5.32 Å². The van der Waals surface area contributed by atoms with Crippen LogP contribution in [0.5, 0.6) is 0 Å². The Morgan fingerprint density at radius 2 is 1.72 bits per heavy atom. The van der Waals surface area contributed by atoms with Crippen LogP contribution in [0.3, 0.4) is 0 Å². The molecule has 0 bridgehead atoms.